The predicted molar refractivity (Wildman–Crippen MR) is 83.7 cm³/mol. The van der Waals surface area contributed by atoms with Crippen molar-refractivity contribution in [3.8, 4) is 11.5 Å². The van der Waals surface area contributed by atoms with Gasteiger partial charge in [-0.3, -0.25) is 9.78 Å². The molecule has 1 aliphatic rings. The van der Waals surface area contributed by atoms with E-state index in [0.29, 0.717) is 24.7 Å². The number of anilines is 1. The van der Waals surface area contributed by atoms with Crippen LogP contribution in [0.15, 0.2) is 59.4 Å². The van der Waals surface area contributed by atoms with E-state index in [1.165, 1.54) is 0 Å². The molecule has 1 aliphatic heterocycles. The molecule has 114 valence electrons. The highest BCUT2D eigenvalue weighted by Crippen LogP contribution is 2.31. The van der Waals surface area contributed by atoms with E-state index in [1.54, 1.807) is 17.3 Å². The number of carbonyl (C=O) groups is 1. The minimum absolute atomic E-state index is 0.0537. The number of aromatic nitrogens is 3. The Balaban J connectivity index is 1.56. The summed E-state index contributed by atoms with van der Waals surface area (Å²) in [5.41, 5.74) is 1.72. The van der Waals surface area contributed by atoms with Crippen LogP contribution in [-0.4, -0.2) is 27.6 Å². The standard InChI is InChI=1S/C17H14N4O2/c22-15-10-13(11-21(15)14-4-2-1-3-5-14)16-19-17(23-20-16)12-6-8-18-9-7-12/h1-9,13H,10-11H2/t13-/m1/s1. The normalized spacial score (nSPS) is 17.7. The molecule has 0 radical (unpaired) electrons. The number of nitrogens with zero attached hydrogens (tertiary/aromatic N) is 4. The first-order valence-corrected chi connectivity index (χ1v) is 7.40. The Hall–Kier alpha value is -3.02. The quantitative estimate of drug-likeness (QED) is 0.744. The molecule has 0 aliphatic carbocycles. The molecule has 3 heterocycles. The molecule has 1 atom stereocenters. The van der Waals surface area contributed by atoms with Gasteiger partial charge in [-0.25, -0.2) is 0 Å². The monoisotopic (exact) mass is 306 g/mol. The van der Waals surface area contributed by atoms with Crippen LogP contribution in [0.5, 0.6) is 0 Å². The van der Waals surface area contributed by atoms with Gasteiger partial charge in [0.25, 0.3) is 5.89 Å². The topological polar surface area (TPSA) is 72.1 Å². The van der Waals surface area contributed by atoms with Gasteiger partial charge in [-0.15, -0.1) is 0 Å². The number of benzene rings is 1. The van der Waals surface area contributed by atoms with Crippen molar-refractivity contribution in [1.29, 1.82) is 0 Å². The first-order valence-electron chi connectivity index (χ1n) is 7.40. The summed E-state index contributed by atoms with van der Waals surface area (Å²) >= 11 is 0. The summed E-state index contributed by atoms with van der Waals surface area (Å²) < 4.78 is 5.32. The summed E-state index contributed by atoms with van der Waals surface area (Å²) in [5.74, 6) is 1.05. The maximum absolute atomic E-state index is 12.3. The number of carbonyl (C=O) groups excluding carboxylic acids is 1. The van der Waals surface area contributed by atoms with Crippen LogP contribution in [0.4, 0.5) is 5.69 Å². The third kappa shape index (κ3) is 2.59. The van der Waals surface area contributed by atoms with Crippen LogP contribution >= 0.6 is 0 Å². The lowest BCUT2D eigenvalue weighted by Gasteiger charge is -2.15. The highest BCUT2D eigenvalue weighted by atomic mass is 16.5. The van der Waals surface area contributed by atoms with Crippen molar-refractivity contribution in [3.63, 3.8) is 0 Å². The Morgan fingerprint density at radius 2 is 1.87 bits per heavy atom. The van der Waals surface area contributed by atoms with Gasteiger partial charge < -0.3 is 9.42 Å². The molecule has 1 amide bonds. The van der Waals surface area contributed by atoms with Crippen LogP contribution in [-0.2, 0) is 4.79 Å². The highest BCUT2D eigenvalue weighted by Gasteiger charge is 2.34. The summed E-state index contributed by atoms with van der Waals surface area (Å²) in [4.78, 5) is 22.4. The van der Waals surface area contributed by atoms with Gasteiger partial charge in [0.05, 0.1) is 0 Å². The van der Waals surface area contributed by atoms with Crippen LogP contribution in [0.1, 0.15) is 18.2 Å². The van der Waals surface area contributed by atoms with Crippen molar-refractivity contribution in [2.45, 2.75) is 12.3 Å². The number of hydrogen-bond donors (Lipinski definition) is 0. The fourth-order valence-electron chi connectivity index (χ4n) is 2.75. The second kappa shape index (κ2) is 5.64. The Kier molecular flexibility index (Phi) is 3.34. The number of pyridine rings is 1. The Bertz CT molecular complexity index is 817. The zero-order chi connectivity index (χ0) is 15.6. The molecule has 0 unspecified atom stereocenters. The zero-order valence-electron chi connectivity index (χ0n) is 12.3. The molecule has 1 saturated heterocycles. The second-order valence-corrected chi connectivity index (χ2v) is 5.43. The number of para-hydroxylation sites is 1. The molecule has 0 saturated carbocycles. The fourth-order valence-corrected chi connectivity index (χ4v) is 2.75. The number of hydrogen-bond acceptors (Lipinski definition) is 5. The highest BCUT2D eigenvalue weighted by molar-refractivity contribution is 5.96. The number of rotatable bonds is 3. The van der Waals surface area contributed by atoms with Crippen molar-refractivity contribution in [2.24, 2.45) is 0 Å². The van der Waals surface area contributed by atoms with E-state index in [4.69, 9.17) is 4.52 Å². The Morgan fingerprint density at radius 3 is 2.65 bits per heavy atom. The van der Waals surface area contributed by atoms with E-state index in [2.05, 4.69) is 15.1 Å². The third-order valence-corrected chi connectivity index (χ3v) is 3.93. The van der Waals surface area contributed by atoms with Crippen LogP contribution < -0.4 is 4.90 Å². The molecular formula is C17H14N4O2. The summed E-state index contributed by atoms with van der Waals surface area (Å²) in [5, 5.41) is 4.05. The molecule has 0 N–H and O–H groups in total. The molecule has 0 spiro atoms. The average Bonchev–Trinajstić information content (AvgIpc) is 3.23. The SMILES string of the molecule is O=C1C[C@@H](c2noc(-c3ccncc3)n2)CN1c1ccccc1. The van der Waals surface area contributed by atoms with Gasteiger partial charge in [-0.1, -0.05) is 23.4 Å². The molecule has 0 bridgehead atoms. The summed E-state index contributed by atoms with van der Waals surface area (Å²) in [6, 6.07) is 13.3. The lowest BCUT2D eigenvalue weighted by atomic mass is 10.1. The Labute approximate surface area is 132 Å². The van der Waals surface area contributed by atoms with E-state index < -0.39 is 0 Å². The van der Waals surface area contributed by atoms with Gasteiger partial charge in [0, 0.05) is 42.5 Å². The first kappa shape index (κ1) is 13.6. The van der Waals surface area contributed by atoms with Gasteiger partial charge in [0.1, 0.15) is 0 Å². The largest absolute Gasteiger partial charge is 0.334 e. The van der Waals surface area contributed by atoms with Crippen LogP contribution in [0.2, 0.25) is 0 Å². The first-order chi connectivity index (χ1) is 11.3. The average molecular weight is 306 g/mol. The van der Waals surface area contributed by atoms with E-state index >= 15 is 0 Å². The van der Waals surface area contributed by atoms with Gasteiger partial charge in [0.2, 0.25) is 5.91 Å². The molecule has 1 fully saturated rings. The summed E-state index contributed by atoms with van der Waals surface area (Å²) in [7, 11) is 0. The van der Waals surface area contributed by atoms with E-state index in [-0.39, 0.29) is 11.8 Å². The van der Waals surface area contributed by atoms with E-state index in [0.717, 1.165) is 11.3 Å². The van der Waals surface area contributed by atoms with Crippen molar-refractivity contribution >= 4 is 11.6 Å². The Morgan fingerprint density at radius 1 is 1.09 bits per heavy atom. The second-order valence-electron chi connectivity index (χ2n) is 5.43. The lowest BCUT2D eigenvalue weighted by molar-refractivity contribution is -0.117. The molecular weight excluding hydrogens is 292 g/mol. The van der Waals surface area contributed by atoms with Crippen LogP contribution in [0, 0.1) is 0 Å². The molecule has 3 aromatic rings. The predicted octanol–water partition coefficient (Wildman–Crippen LogP) is 2.65. The van der Waals surface area contributed by atoms with Crippen molar-refractivity contribution in [3.05, 3.63) is 60.7 Å². The molecule has 6 heteroatoms. The van der Waals surface area contributed by atoms with Gasteiger partial charge in [-0.05, 0) is 24.3 Å². The number of amides is 1. The van der Waals surface area contributed by atoms with Crippen molar-refractivity contribution in [1.82, 2.24) is 15.1 Å². The molecule has 2 aromatic heterocycles. The van der Waals surface area contributed by atoms with E-state index in [9.17, 15) is 4.79 Å². The van der Waals surface area contributed by atoms with Crippen LogP contribution in [0.25, 0.3) is 11.5 Å². The summed E-state index contributed by atoms with van der Waals surface area (Å²) in [6.45, 7) is 0.568. The van der Waals surface area contributed by atoms with Crippen LogP contribution in [0.3, 0.4) is 0 Å². The lowest BCUT2D eigenvalue weighted by Crippen LogP contribution is -2.24. The maximum Gasteiger partial charge on any atom is 0.258 e. The molecule has 1 aromatic carbocycles. The van der Waals surface area contributed by atoms with Crippen molar-refractivity contribution in [2.75, 3.05) is 11.4 Å². The smallest absolute Gasteiger partial charge is 0.258 e. The van der Waals surface area contributed by atoms with Gasteiger partial charge in [0.15, 0.2) is 5.82 Å². The minimum Gasteiger partial charge on any atom is -0.334 e. The molecule has 23 heavy (non-hydrogen) atoms. The molecule has 4 rings (SSSR count). The van der Waals surface area contributed by atoms with Gasteiger partial charge in [-0.2, -0.15) is 4.98 Å². The zero-order valence-corrected chi connectivity index (χ0v) is 12.3. The van der Waals surface area contributed by atoms with Gasteiger partial charge >= 0.3 is 0 Å². The molecule has 6 nitrogen and oxygen atoms in total. The van der Waals surface area contributed by atoms with E-state index in [1.807, 2.05) is 42.5 Å². The maximum atomic E-state index is 12.3. The third-order valence-electron chi connectivity index (χ3n) is 3.93. The fraction of sp³-hybridized carbons (Fsp3) is 0.176. The summed E-state index contributed by atoms with van der Waals surface area (Å²) in [6.07, 6.45) is 3.75. The van der Waals surface area contributed by atoms with Crippen molar-refractivity contribution < 1.29 is 9.32 Å². The minimum atomic E-state index is -0.0537.